The Morgan fingerprint density at radius 3 is 2.55 bits per heavy atom. The molecule has 11 heavy (non-hydrogen) atoms. The summed E-state index contributed by atoms with van der Waals surface area (Å²) in [6.45, 7) is 4.62. The normalized spacial score (nSPS) is 13.4. The second kappa shape index (κ2) is 8.41. The number of unbranched alkanes of at least 4 members (excludes halogenated alkanes) is 3. The van der Waals surface area contributed by atoms with Gasteiger partial charge < -0.3 is 5.11 Å². The van der Waals surface area contributed by atoms with Crippen LogP contribution in [0, 0.1) is 0 Å². The monoisotopic (exact) mass is 176 g/mol. The SMILES string of the molecule is CCCCCCSC(C)CO. The Hall–Kier alpha value is 0.310. The van der Waals surface area contributed by atoms with Crippen molar-refractivity contribution in [1.82, 2.24) is 0 Å². The van der Waals surface area contributed by atoms with Crippen molar-refractivity contribution in [3.8, 4) is 0 Å². The molecule has 0 aromatic heterocycles. The van der Waals surface area contributed by atoms with Crippen LogP contribution >= 0.6 is 11.8 Å². The number of hydrogen-bond donors (Lipinski definition) is 1. The fourth-order valence-corrected chi connectivity index (χ4v) is 1.74. The van der Waals surface area contributed by atoms with Gasteiger partial charge in [0.15, 0.2) is 0 Å². The first kappa shape index (κ1) is 11.3. The maximum atomic E-state index is 8.72. The van der Waals surface area contributed by atoms with E-state index in [4.69, 9.17) is 5.11 Å². The topological polar surface area (TPSA) is 20.2 Å². The summed E-state index contributed by atoms with van der Waals surface area (Å²) in [5.74, 6) is 1.21. The van der Waals surface area contributed by atoms with Crippen LogP contribution in [0.1, 0.15) is 39.5 Å². The Morgan fingerprint density at radius 1 is 1.27 bits per heavy atom. The predicted molar refractivity (Wildman–Crippen MR) is 53.1 cm³/mol. The maximum Gasteiger partial charge on any atom is 0.0547 e. The third-order valence-electron chi connectivity index (χ3n) is 1.66. The minimum absolute atomic E-state index is 0.318. The lowest BCUT2D eigenvalue weighted by atomic mass is 10.2. The largest absolute Gasteiger partial charge is 0.395 e. The molecule has 0 rings (SSSR count). The molecule has 1 atom stereocenters. The molecule has 0 amide bonds. The highest BCUT2D eigenvalue weighted by atomic mass is 32.2. The summed E-state index contributed by atoms with van der Waals surface area (Å²) in [5, 5.41) is 9.14. The van der Waals surface area contributed by atoms with Gasteiger partial charge in [0.25, 0.3) is 0 Å². The van der Waals surface area contributed by atoms with Crippen LogP contribution in [0.25, 0.3) is 0 Å². The van der Waals surface area contributed by atoms with E-state index in [0.29, 0.717) is 11.9 Å². The van der Waals surface area contributed by atoms with Gasteiger partial charge in [0.1, 0.15) is 0 Å². The third kappa shape index (κ3) is 8.21. The molecule has 0 bridgehead atoms. The maximum absolute atomic E-state index is 8.72. The van der Waals surface area contributed by atoms with Crippen LogP contribution in [0.3, 0.4) is 0 Å². The zero-order valence-electron chi connectivity index (χ0n) is 7.68. The van der Waals surface area contributed by atoms with E-state index in [1.807, 2.05) is 11.8 Å². The molecular formula is C9H20OS. The van der Waals surface area contributed by atoms with Crippen molar-refractivity contribution in [1.29, 1.82) is 0 Å². The van der Waals surface area contributed by atoms with Gasteiger partial charge in [0, 0.05) is 5.25 Å². The van der Waals surface area contributed by atoms with Crippen LogP contribution in [-0.4, -0.2) is 22.7 Å². The molecule has 0 heterocycles. The van der Waals surface area contributed by atoms with Gasteiger partial charge in [0.2, 0.25) is 0 Å². The number of thioether (sulfide) groups is 1. The van der Waals surface area contributed by atoms with Gasteiger partial charge in [-0.25, -0.2) is 0 Å². The fraction of sp³-hybridized carbons (Fsp3) is 1.00. The van der Waals surface area contributed by atoms with Crippen molar-refractivity contribution in [3.63, 3.8) is 0 Å². The molecule has 0 aliphatic heterocycles. The van der Waals surface area contributed by atoms with Crippen LogP contribution < -0.4 is 0 Å². The van der Waals surface area contributed by atoms with Gasteiger partial charge in [-0.1, -0.05) is 33.1 Å². The van der Waals surface area contributed by atoms with Crippen molar-refractivity contribution >= 4 is 11.8 Å². The molecule has 68 valence electrons. The molecule has 0 fully saturated rings. The van der Waals surface area contributed by atoms with Gasteiger partial charge >= 0.3 is 0 Å². The minimum Gasteiger partial charge on any atom is -0.395 e. The molecule has 0 aromatic rings. The summed E-state index contributed by atoms with van der Waals surface area (Å²) in [7, 11) is 0. The van der Waals surface area contributed by atoms with E-state index in [0.717, 1.165) is 0 Å². The highest BCUT2D eigenvalue weighted by molar-refractivity contribution is 7.99. The Labute approximate surface area is 74.6 Å². The first-order valence-corrected chi connectivity index (χ1v) is 5.58. The number of hydrogen-bond acceptors (Lipinski definition) is 2. The fourth-order valence-electron chi connectivity index (χ4n) is 0.866. The molecule has 0 saturated heterocycles. The zero-order valence-corrected chi connectivity index (χ0v) is 8.49. The molecule has 1 nitrogen and oxygen atoms in total. The Kier molecular flexibility index (Phi) is 8.64. The van der Waals surface area contributed by atoms with E-state index in [2.05, 4.69) is 13.8 Å². The van der Waals surface area contributed by atoms with Gasteiger partial charge in [-0.15, -0.1) is 0 Å². The van der Waals surface area contributed by atoms with Crippen LogP contribution in [0.4, 0.5) is 0 Å². The van der Waals surface area contributed by atoms with Crippen LogP contribution in [0.5, 0.6) is 0 Å². The lowest BCUT2D eigenvalue weighted by Gasteiger charge is -2.06. The molecule has 1 unspecified atom stereocenters. The van der Waals surface area contributed by atoms with Crippen molar-refractivity contribution in [2.45, 2.75) is 44.8 Å². The molecule has 0 radical (unpaired) electrons. The van der Waals surface area contributed by atoms with Crippen molar-refractivity contribution < 1.29 is 5.11 Å². The van der Waals surface area contributed by atoms with Crippen molar-refractivity contribution in [2.24, 2.45) is 0 Å². The summed E-state index contributed by atoms with van der Waals surface area (Å²) >= 11 is 1.88. The molecule has 0 saturated carbocycles. The second-order valence-electron chi connectivity index (χ2n) is 2.92. The molecular weight excluding hydrogens is 156 g/mol. The summed E-state index contributed by atoms with van der Waals surface area (Å²) < 4.78 is 0. The van der Waals surface area contributed by atoms with Crippen LogP contribution in [-0.2, 0) is 0 Å². The van der Waals surface area contributed by atoms with Crippen LogP contribution in [0.15, 0.2) is 0 Å². The third-order valence-corrected chi connectivity index (χ3v) is 2.90. The summed E-state index contributed by atoms with van der Waals surface area (Å²) in [6.07, 6.45) is 5.32. The van der Waals surface area contributed by atoms with E-state index >= 15 is 0 Å². The Bertz CT molecular complexity index is 76.0. The quantitative estimate of drug-likeness (QED) is 0.602. The van der Waals surface area contributed by atoms with Crippen molar-refractivity contribution in [2.75, 3.05) is 12.4 Å². The smallest absolute Gasteiger partial charge is 0.0547 e. The van der Waals surface area contributed by atoms with Gasteiger partial charge in [0.05, 0.1) is 6.61 Å². The van der Waals surface area contributed by atoms with E-state index in [-0.39, 0.29) is 0 Å². The highest BCUT2D eigenvalue weighted by Gasteiger charge is 1.98. The average Bonchev–Trinajstić information content (AvgIpc) is 2.04. The molecule has 2 heteroatoms. The molecule has 0 spiro atoms. The standard InChI is InChI=1S/C9H20OS/c1-3-4-5-6-7-11-9(2)8-10/h9-10H,3-8H2,1-2H3. The van der Waals surface area contributed by atoms with E-state index in [9.17, 15) is 0 Å². The highest BCUT2D eigenvalue weighted by Crippen LogP contribution is 2.12. The first-order chi connectivity index (χ1) is 5.31. The van der Waals surface area contributed by atoms with Gasteiger partial charge in [-0.05, 0) is 12.2 Å². The second-order valence-corrected chi connectivity index (χ2v) is 4.47. The Balaban J connectivity index is 2.89. The van der Waals surface area contributed by atoms with Crippen LogP contribution in [0.2, 0.25) is 0 Å². The summed E-state index contributed by atoms with van der Waals surface area (Å²) in [5.41, 5.74) is 0. The Morgan fingerprint density at radius 2 is 2.00 bits per heavy atom. The summed E-state index contributed by atoms with van der Waals surface area (Å²) in [6, 6.07) is 0. The van der Waals surface area contributed by atoms with E-state index < -0.39 is 0 Å². The van der Waals surface area contributed by atoms with Gasteiger partial charge in [-0.3, -0.25) is 0 Å². The average molecular weight is 176 g/mol. The van der Waals surface area contributed by atoms with E-state index in [1.165, 1.54) is 31.4 Å². The number of rotatable bonds is 7. The molecule has 0 aliphatic rings. The first-order valence-electron chi connectivity index (χ1n) is 4.53. The lowest BCUT2D eigenvalue weighted by molar-refractivity contribution is 0.300. The number of aliphatic hydroxyl groups is 1. The minimum atomic E-state index is 0.318. The number of aliphatic hydroxyl groups excluding tert-OH is 1. The molecule has 1 N–H and O–H groups in total. The molecule has 0 aliphatic carbocycles. The van der Waals surface area contributed by atoms with E-state index in [1.54, 1.807) is 0 Å². The van der Waals surface area contributed by atoms with Crippen molar-refractivity contribution in [3.05, 3.63) is 0 Å². The van der Waals surface area contributed by atoms with Gasteiger partial charge in [-0.2, -0.15) is 11.8 Å². The predicted octanol–water partition coefficient (Wildman–Crippen LogP) is 2.68. The zero-order chi connectivity index (χ0) is 8.53. The lowest BCUT2D eigenvalue weighted by Crippen LogP contribution is -2.02. The summed E-state index contributed by atoms with van der Waals surface area (Å²) in [4.78, 5) is 0. The molecule has 0 aromatic carbocycles.